The molecule has 0 saturated carbocycles. The van der Waals surface area contributed by atoms with Crippen molar-refractivity contribution in [2.75, 3.05) is 30.8 Å². The van der Waals surface area contributed by atoms with Crippen LogP contribution in [0.1, 0.15) is 18.7 Å². The number of aromatic nitrogens is 2. The number of fused-ring (bicyclic) bond motifs is 1. The van der Waals surface area contributed by atoms with Gasteiger partial charge in [-0.05, 0) is 33.9 Å². The Morgan fingerprint density at radius 2 is 1.90 bits per heavy atom. The first-order valence-electron chi connectivity index (χ1n) is 6.96. The van der Waals surface area contributed by atoms with Gasteiger partial charge >= 0.3 is 0 Å². The predicted octanol–water partition coefficient (Wildman–Crippen LogP) is 2.11. The molecule has 20 heavy (non-hydrogen) atoms. The number of likely N-dealkylation sites (N-methyl/N-ethyl adjacent to an activating group) is 1. The van der Waals surface area contributed by atoms with Crippen molar-refractivity contribution < 1.29 is 0 Å². The number of thiophene rings is 1. The van der Waals surface area contributed by atoms with E-state index in [4.69, 9.17) is 5.73 Å². The van der Waals surface area contributed by atoms with Gasteiger partial charge in [0.1, 0.15) is 10.6 Å². The number of hydrogen-bond acceptors (Lipinski definition) is 6. The summed E-state index contributed by atoms with van der Waals surface area (Å²) >= 11 is 1.68. The molecule has 5 nitrogen and oxygen atoms in total. The molecule has 0 bridgehead atoms. The van der Waals surface area contributed by atoms with Crippen LogP contribution < -0.4 is 10.6 Å². The van der Waals surface area contributed by atoms with Crippen molar-refractivity contribution in [3.8, 4) is 0 Å². The highest BCUT2D eigenvalue weighted by Gasteiger charge is 2.28. The van der Waals surface area contributed by atoms with Crippen molar-refractivity contribution in [1.82, 2.24) is 14.9 Å². The smallest absolute Gasteiger partial charge is 0.223 e. The Hall–Kier alpha value is -1.40. The third-order valence-corrected chi connectivity index (χ3v) is 5.12. The highest BCUT2D eigenvalue weighted by atomic mass is 32.1. The number of nitrogens with zero attached hydrogens (tertiary/aromatic N) is 4. The summed E-state index contributed by atoms with van der Waals surface area (Å²) in [5.74, 6) is 1.36. The van der Waals surface area contributed by atoms with Crippen molar-refractivity contribution in [3.63, 3.8) is 0 Å². The Bertz CT molecular complexity index is 626. The second-order valence-corrected chi connectivity index (χ2v) is 6.98. The van der Waals surface area contributed by atoms with Crippen LogP contribution in [-0.2, 0) is 0 Å². The first-order chi connectivity index (χ1) is 9.45. The Morgan fingerprint density at radius 1 is 1.25 bits per heavy atom. The molecule has 0 aromatic carbocycles. The molecule has 0 aliphatic carbocycles. The Balaban J connectivity index is 2.05. The van der Waals surface area contributed by atoms with E-state index in [-0.39, 0.29) is 0 Å². The number of piperazine rings is 1. The van der Waals surface area contributed by atoms with E-state index in [1.165, 1.54) is 4.88 Å². The minimum absolute atomic E-state index is 0.369. The SMILES string of the molecule is Cc1cc2c(N3CC(C)N(C)C(C)C3)nc(N)nc2s1. The van der Waals surface area contributed by atoms with E-state index in [0.717, 1.165) is 29.1 Å². The lowest BCUT2D eigenvalue weighted by Crippen LogP contribution is -2.55. The molecule has 0 amide bonds. The van der Waals surface area contributed by atoms with Gasteiger partial charge in [-0.1, -0.05) is 0 Å². The van der Waals surface area contributed by atoms with Gasteiger partial charge < -0.3 is 10.6 Å². The van der Waals surface area contributed by atoms with Crippen LogP contribution in [0.5, 0.6) is 0 Å². The summed E-state index contributed by atoms with van der Waals surface area (Å²) in [6.45, 7) is 8.55. The number of aryl methyl sites for hydroxylation is 1. The summed E-state index contributed by atoms with van der Waals surface area (Å²) in [5, 5.41) is 1.13. The van der Waals surface area contributed by atoms with Crippen LogP contribution >= 0.6 is 11.3 Å². The first-order valence-corrected chi connectivity index (χ1v) is 7.78. The monoisotopic (exact) mass is 291 g/mol. The first kappa shape index (κ1) is 13.6. The lowest BCUT2D eigenvalue weighted by Gasteiger charge is -2.43. The summed E-state index contributed by atoms with van der Waals surface area (Å²) < 4.78 is 0. The van der Waals surface area contributed by atoms with Gasteiger partial charge in [0.25, 0.3) is 0 Å². The fourth-order valence-electron chi connectivity index (χ4n) is 2.86. The zero-order chi connectivity index (χ0) is 14.4. The molecule has 2 aromatic rings. The summed E-state index contributed by atoms with van der Waals surface area (Å²) in [7, 11) is 2.19. The molecule has 2 atom stereocenters. The molecule has 3 heterocycles. The van der Waals surface area contributed by atoms with Gasteiger partial charge in [-0.15, -0.1) is 11.3 Å². The highest BCUT2D eigenvalue weighted by Crippen LogP contribution is 2.32. The summed E-state index contributed by atoms with van der Waals surface area (Å²) in [6, 6.07) is 3.18. The quantitative estimate of drug-likeness (QED) is 0.872. The number of hydrogen-bond donors (Lipinski definition) is 1. The van der Waals surface area contributed by atoms with E-state index >= 15 is 0 Å². The minimum Gasteiger partial charge on any atom is -0.368 e. The van der Waals surface area contributed by atoms with Crippen molar-refractivity contribution in [1.29, 1.82) is 0 Å². The second-order valence-electron chi connectivity index (χ2n) is 5.75. The molecular weight excluding hydrogens is 270 g/mol. The Morgan fingerprint density at radius 3 is 2.55 bits per heavy atom. The fraction of sp³-hybridized carbons (Fsp3) is 0.571. The molecule has 3 rings (SSSR count). The molecule has 1 aliphatic heterocycles. The average molecular weight is 291 g/mol. The molecule has 1 saturated heterocycles. The van der Waals surface area contributed by atoms with E-state index in [9.17, 15) is 0 Å². The minimum atomic E-state index is 0.369. The van der Waals surface area contributed by atoms with E-state index < -0.39 is 0 Å². The van der Waals surface area contributed by atoms with Crippen LogP contribution in [-0.4, -0.2) is 47.1 Å². The van der Waals surface area contributed by atoms with Crippen LogP contribution in [0.15, 0.2) is 6.07 Å². The predicted molar refractivity (Wildman–Crippen MR) is 85.5 cm³/mol. The fourth-order valence-corrected chi connectivity index (χ4v) is 3.74. The normalized spacial score (nSPS) is 24.5. The van der Waals surface area contributed by atoms with Gasteiger partial charge in [-0.25, -0.2) is 4.98 Å². The number of rotatable bonds is 1. The molecule has 0 spiro atoms. The van der Waals surface area contributed by atoms with Gasteiger partial charge in [-0.2, -0.15) is 4.98 Å². The molecule has 108 valence electrons. The summed E-state index contributed by atoms with van der Waals surface area (Å²) in [5.41, 5.74) is 5.88. The molecule has 6 heteroatoms. The standard InChI is InChI=1S/C14H21N5S/c1-8-6-19(7-9(2)18(8)4)12-11-5-10(3)20-13(11)17-14(15)16-12/h5,8-9H,6-7H2,1-4H3,(H2,15,16,17). The highest BCUT2D eigenvalue weighted by molar-refractivity contribution is 7.18. The van der Waals surface area contributed by atoms with Gasteiger partial charge in [0.15, 0.2) is 0 Å². The second kappa shape index (κ2) is 4.86. The number of nitrogen functional groups attached to an aromatic ring is 1. The average Bonchev–Trinajstić information content (AvgIpc) is 2.74. The van der Waals surface area contributed by atoms with Crippen LogP contribution in [0.3, 0.4) is 0 Å². The van der Waals surface area contributed by atoms with Gasteiger partial charge in [0.2, 0.25) is 5.95 Å². The maximum absolute atomic E-state index is 5.88. The van der Waals surface area contributed by atoms with Crippen LogP contribution in [0, 0.1) is 6.92 Å². The number of nitrogens with two attached hydrogens (primary N) is 1. The molecule has 0 radical (unpaired) electrons. The Labute approximate surface area is 123 Å². The van der Waals surface area contributed by atoms with Crippen molar-refractivity contribution in [3.05, 3.63) is 10.9 Å². The van der Waals surface area contributed by atoms with Gasteiger partial charge in [-0.3, -0.25) is 4.90 Å². The van der Waals surface area contributed by atoms with Gasteiger partial charge in [0.05, 0.1) is 5.39 Å². The zero-order valence-corrected chi connectivity index (χ0v) is 13.2. The summed E-state index contributed by atoms with van der Waals surface area (Å²) in [4.78, 5) is 15.9. The topological polar surface area (TPSA) is 58.3 Å². The third-order valence-electron chi connectivity index (χ3n) is 4.17. The summed E-state index contributed by atoms with van der Waals surface area (Å²) in [6.07, 6.45) is 0. The molecule has 2 unspecified atom stereocenters. The maximum Gasteiger partial charge on any atom is 0.223 e. The molecule has 2 aromatic heterocycles. The van der Waals surface area contributed by atoms with Gasteiger partial charge in [0, 0.05) is 30.1 Å². The van der Waals surface area contributed by atoms with E-state index in [1.807, 2.05) is 0 Å². The lowest BCUT2D eigenvalue weighted by molar-refractivity contribution is 0.170. The molecular formula is C14H21N5S. The lowest BCUT2D eigenvalue weighted by atomic mass is 10.1. The molecule has 1 fully saturated rings. The van der Waals surface area contributed by atoms with E-state index in [0.29, 0.717) is 18.0 Å². The zero-order valence-electron chi connectivity index (χ0n) is 12.4. The largest absolute Gasteiger partial charge is 0.368 e. The van der Waals surface area contributed by atoms with Crippen molar-refractivity contribution in [2.24, 2.45) is 0 Å². The third kappa shape index (κ3) is 2.23. The van der Waals surface area contributed by atoms with Crippen LogP contribution in [0.2, 0.25) is 0 Å². The van der Waals surface area contributed by atoms with E-state index in [2.05, 4.69) is 53.7 Å². The maximum atomic E-state index is 5.88. The van der Waals surface area contributed by atoms with Crippen LogP contribution in [0.4, 0.5) is 11.8 Å². The Kier molecular flexibility index (Phi) is 3.30. The van der Waals surface area contributed by atoms with Crippen LogP contribution in [0.25, 0.3) is 10.2 Å². The van der Waals surface area contributed by atoms with E-state index in [1.54, 1.807) is 11.3 Å². The molecule has 1 aliphatic rings. The number of anilines is 2. The van der Waals surface area contributed by atoms with Crippen molar-refractivity contribution in [2.45, 2.75) is 32.9 Å². The van der Waals surface area contributed by atoms with Crippen molar-refractivity contribution >= 4 is 33.3 Å². The molecule has 2 N–H and O–H groups in total.